The van der Waals surface area contributed by atoms with E-state index in [1.807, 2.05) is 0 Å². The lowest BCUT2D eigenvalue weighted by molar-refractivity contribution is 0.434. The quantitative estimate of drug-likeness (QED) is 0.673. The van der Waals surface area contributed by atoms with Gasteiger partial charge in [0, 0.05) is 22.9 Å². The van der Waals surface area contributed by atoms with Crippen LogP contribution >= 0.6 is 27.5 Å². The highest BCUT2D eigenvalue weighted by atomic mass is 79.9. The summed E-state index contributed by atoms with van der Waals surface area (Å²) in [7, 11) is 0. The fourth-order valence-electron chi connectivity index (χ4n) is 2.82. The zero-order valence-electron chi connectivity index (χ0n) is 11.0. The molecule has 0 radical (unpaired) electrons. The Labute approximate surface area is 124 Å². The number of rotatable bonds is 4. The lowest BCUT2D eigenvalue weighted by Gasteiger charge is -2.38. The number of benzene rings is 1. The predicted octanol–water partition coefficient (Wildman–Crippen LogP) is 5.35. The van der Waals surface area contributed by atoms with Crippen molar-refractivity contribution in [1.29, 1.82) is 0 Å². The van der Waals surface area contributed by atoms with Gasteiger partial charge in [-0.1, -0.05) is 19.4 Å². The van der Waals surface area contributed by atoms with Crippen LogP contribution in [0.5, 0.6) is 0 Å². The largest absolute Gasteiger partial charge is 0.368 e. The summed E-state index contributed by atoms with van der Waals surface area (Å²) in [5.74, 6) is 0.581. The Morgan fingerprint density at radius 1 is 1.39 bits per heavy atom. The van der Waals surface area contributed by atoms with Crippen LogP contribution in [0.3, 0.4) is 0 Å². The van der Waals surface area contributed by atoms with E-state index in [0.717, 1.165) is 0 Å². The van der Waals surface area contributed by atoms with Gasteiger partial charge in [-0.15, -0.1) is 11.6 Å². The Kier molecular flexibility index (Phi) is 5.38. The maximum atomic E-state index is 5.88. The summed E-state index contributed by atoms with van der Waals surface area (Å²) in [6.07, 6.45) is 6.57. The van der Waals surface area contributed by atoms with Crippen molar-refractivity contribution in [3.05, 3.63) is 28.2 Å². The second-order valence-electron chi connectivity index (χ2n) is 5.05. The predicted molar refractivity (Wildman–Crippen MR) is 83.6 cm³/mol. The molecule has 0 bridgehead atoms. The number of nitrogens with zero attached hydrogens (tertiary/aromatic N) is 1. The van der Waals surface area contributed by atoms with Gasteiger partial charge in [-0.05, 0) is 59.3 Å². The minimum Gasteiger partial charge on any atom is -0.368 e. The third kappa shape index (κ3) is 3.21. The summed E-state index contributed by atoms with van der Waals surface area (Å²) in [6.45, 7) is 3.46. The first-order chi connectivity index (χ1) is 8.76. The fourth-order valence-corrected chi connectivity index (χ4v) is 3.64. The Hall–Kier alpha value is -0.210. The van der Waals surface area contributed by atoms with Crippen LogP contribution in [0.4, 0.5) is 5.69 Å². The molecule has 1 aromatic rings. The molecule has 0 amide bonds. The van der Waals surface area contributed by atoms with Crippen molar-refractivity contribution >= 4 is 33.2 Å². The van der Waals surface area contributed by atoms with E-state index < -0.39 is 0 Å². The summed E-state index contributed by atoms with van der Waals surface area (Å²) in [6, 6.07) is 7.22. The standard InChI is InChI=1S/C15H21BrClN/c1-2-5-13-6-3-4-9-18(13)15-8-7-12(11-17)10-14(15)16/h7-8,10,13H,2-6,9,11H2,1H3. The first-order valence-electron chi connectivity index (χ1n) is 6.87. The minimum atomic E-state index is 0.581. The molecule has 0 aliphatic carbocycles. The number of halogens is 2. The van der Waals surface area contributed by atoms with Crippen molar-refractivity contribution < 1.29 is 0 Å². The average molecular weight is 331 g/mol. The van der Waals surface area contributed by atoms with E-state index >= 15 is 0 Å². The Morgan fingerprint density at radius 2 is 2.22 bits per heavy atom. The van der Waals surface area contributed by atoms with Gasteiger partial charge in [0.15, 0.2) is 0 Å². The molecule has 1 nitrogen and oxygen atoms in total. The third-order valence-electron chi connectivity index (χ3n) is 3.72. The highest BCUT2D eigenvalue weighted by Gasteiger charge is 2.23. The van der Waals surface area contributed by atoms with Gasteiger partial charge in [-0.25, -0.2) is 0 Å². The lowest BCUT2D eigenvalue weighted by atomic mass is 9.97. The normalized spacial score (nSPS) is 20.2. The molecule has 1 aliphatic heterocycles. The maximum Gasteiger partial charge on any atom is 0.0513 e. The molecule has 18 heavy (non-hydrogen) atoms. The van der Waals surface area contributed by atoms with E-state index in [9.17, 15) is 0 Å². The van der Waals surface area contributed by atoms with Crippen molar-refractivity contribution in [2.45, 2.75) is 50.9 Å². The monoisotopic (exact) mass is 329 g/mol. The number of anilines is 1. The highest BCUT2D eigenvalue weighted by Crippen LogP contribution is 2.33. The Morgan fingerprint density at radius 3 is 2.89 bits per heavy atom. The van der Waals surface area contributed by atoms with Crippen molar-refractivity contribution in [1.82, 2.24) is 0 Å². The van der Waals surface area contributed by atoms with E-state index in [2.05, 4.69) is 46.0 Å². The van der Waals surface area contributed by atoms with Gasteiger partial charge in [0.05, 0.1) is 5.69 Å². The summed E-state index contributed by atoms with van der Waals surface area (Å²) in [4.78, 5) is 2.58. The van der Waals surface area contributed by atoms with E-state index in [1.165, 1.54) is 54.4 Å². The molecule has 100 valence electrons. The second-order valence-corrected chi connectivity index (χ2v) is 6.17. The highest BCUT2D eigenvalue weighted by molar-refractivity contribution is 9.10. The fraction of sp³-hybridized carbons (Fsp3) is 0.600. The molecule has 0 N–H and O–H groups in total. The van der Waals surface area contributed by atoms with Crippen LogP contribution in [-0.4, -0.2) is 12.6 Å². The molecular weight excluding hydrogens is 310 g/mol. The van der Waals surface area contributed by atoms with E-state index in [0.29, 0.717) is 11.9 Å². The molecule has 1 aromatic carbocycles. The van der Waals surface area contributed by atoms with Crippen LogP contribution in [-0.2, 0) is 5.88 Å². The Bertz CT molecular complexity index is 392. The van der Waals surface area contributed by atoms with E-state index in [1.54, 1.807) is 0 Å². The van der Waals surface area contributed by atoms with Gasteiger partial charge in [0.2, 0.25) is 0 Å². The number of piperidine rings is 1. The minimum absolute atomic E-state index is 0.581. The summed E-state index contributed by atoms with van der Waals surface area (Å²) in [5, 5.41) is 0. The molecule has 1 atom stereocenters. The smallest absolute Gasteiger partial charge is 0.0513 e. The summed E-state index contributed by atoms with van der Waals surface area (Å²) >= 11 is 9.58. The van der Waals surface area contributed by atoms with Gasteiger partial charge in [-0.3, -0.25) is 0 Å². The zero-order valence-corrected chi connectivity index (χ0v) is 13.3. The number of hydrogen-bond acceptors (Lipinski definition) is 1. The van der Waals surface area contributed by atoms with Crippen LogP contribution in [0, 0.1) is 0 Å². The molecule has 0 aromatic heterocycles. The summed E-state index contributed by atoms with van der Waals surface area (Å²) < 4.78 is 1.18. The van der Waals surface area contributed by atoms with Gasteiger partial charge in [0.25, 0.3) is 0 Å². The van der Waals surface area contributed by atoms with E-state index in [-0.39, 0.29) is 0 Å². The van der Waals surface area contributed by atoms with Gasteiger partial charge < -0.3 is 4.90 Å². The molecule has 0 saturated carbocycles. The van der Waals surface area contributed by atoms with Crippen molar-refractivity contribution in [3.8, 4) is 0 Å². The second kappa shape index (κ2) is 6.81. The van der Waals surface area contributed by atoms with E-state index in [4.69, 9.17) is 11.6 Å². The molecule has 1 aliphatic rings. The first-order valence-corrected chi connectivity index (χ1v) is 8.20. The van der Waals surface area contributed by atoms with Crippen molar-refractivity contribution in [3.63, 3.8) is 0 Å². The molecule has 1 saturated heterocycles. The molecule has 3 heteroatoms. The molecule has 2 rings (SSSR count). The SMILES string of the molecule is CCCC1CCCCN1c1ccc(CCl)cc1Br. The van der Waals surface area contributed by atoms with Gasteiger partial charge >= 0.3 is 0 Å². The first kappa shape index (κ1) is 14.2. The average Bonchev–Trinajstić information content (AvgIpc) is 2.40. The molecular formula is C15H21BrClN. The van der Waals surface area contributed by atoms with Crippen LogP contribution in [0.15, 0.2) is 22.7 Å². The zero-order chi connectivity index (χ0) is 13.0. The molecule has 1 heterocycles. The van der Waals surface area contributed by atoms with Crippen molar-refractivity contribution in [2.24, 2.45) is 0 Å². The molecule has 1 unspecified atom stereocenters. The molecule has 0 spiro atoms. The summed E-state index contributed by atoms with van der Waals surface area (Å²) in [5.41, 5.74) is 2.51. The number of hydrogen-bond donors (Lipinski definition) is 0. The topological polar surface area (TPSA) is 3.24 Å². The van der Waals surface area contributed by atoms with Crippen LogP contribution < -0.4 is 4.90 Å². The van der Waals surface area contributed by atoms with Crippen LogP contribution in [0.2, 0.25) is 0 Å². The Balaban J connectivity index is 2.22. The van der Waals surface area contributed by atoms with Gasteiger partial charge in [0.1, 0.15) is 0 Å². The van der Waals surface area contributed by atoms with Crippen LogP contribution in [0.25, 0.3) is 0 Å². The van der Waals surface area contributed by atoms with Crippen molar-refractivity contribution in [2.75, 3.05) is 11.4 Å². The van der Waals surface area contributed by atoms with Crippen LogP contribution in [0.1, 0.15) is 44.6 Å². The third-order valence-corrected chi connectivity index (χ3v) is 4.67. The van der Waals surface area contributed by atoms with Gasteiger partial charge in [-0.2, -0.15) is 0 Å². The number of alkyl halides is 1. The maximum absolute atomic E-state index is 5.88. The lowest BCUT2D eigenvalue weighted by Crippen LogP contribution is -2.39. The molecule has 1 fully saturated rings.